The highest BCUT2D eigenvalue weighted by Crippen LogP contribution is 2.15. The van der Waals surface area contributed by atoms with Gasteiger partial charge in [-0.25, -0.2) is 0 Å². The molecule has 1 rings (SSSR count). The molecule has 0 fully saturated rings. The van der Waals surface area contributed by atoms with Gasteiger partial charge in [-0.3, -0.25) is 4.21 Å². The molecular weight excluding hydrogens is 180 g/mol. The lowest BCUT2D eigenvalue weighted by Gasteiger charge is -2.01. The van der Waals surface area contributed by atoms with E-state index in [1.165, 1.54) is 11.1 Å². The minimum absolute atomic E-state index is 0.872. The Balaban J connectivity index is 3.00. The fourth-order valence-corrected chi connectivity index (χ4v) is 1.60. The summed E-state index contributed by atoms with van der Waals surface area (Å²) in [5.74, 6) is 0. The van der Waals surface area contributed by atoms with Gasteiger partial charge in [-0.1, -0.05) is 18.2 Å². The van der Waals surface area contributed by atoms with Gasteiger partial charge in [0.25, 0.3) is 0 Å². The Kier molecular flexibility index (Phi) is 3.43. The predicted octanol–water partition coefficient (Wildman–Crippen LogP) is 2.85. The van der Waals surface area contributed by atoms with Crippen molar-refractivity contribution >= 4 is 16.4 Å². The van der Waals surface area contributed by atoms with E-state index < -0.39 is 10.8 Å². The van der Waals surface area contributed by atoms with Crippen LogP contribution >= 0.6 is 0 Å². The maximum atomic E-state index is 11.1. The zero-order chi connectivity index (χ0) is 9.84. The molecule has 2 heteroatoms. The number of benzene rings is 1. The first kappa shape index (κ1) is 10.2. The van der Waals surface area contributed by atoms with Crippen molar-refractivity contribution in [1.82, 2.24) is 0 Å². The summed E-state index contributed by atoms with van der Waals surface area (Å²) in [5, 5.41) is 0. The Hall–Kier alpha value is -0.890. The van der Waals surface area contributed by atoms with Gasteiger partial charge < -0.3 is 0 Å². The van der Waals surface area contributed by atoms with E-state index >= 15 is 0 Å². The Morgan fingerprint density at radius 3 is 2.23 bits per heavy atom. The lowest BCUT2D eigenvalue weighted by Crippen LogP contribution is -1.87. The van der Waals surface area contributed by atoms with Gasteiger partial charge in [-0.15, -0.1) is 0 Å². The zero-order valence-electron chi connectivity index (χ0n) is 8.20. The van der Waals surface area contributed by atoms with Gasteiger partial charge in [0, 0.05) is 22.0 Å². The molecule has 0 aromatic heterocycles. The number of allylic oxidation sites excluding steroid dienone is 2. The SMILES string of the molecule is CC=C(C)c1ccc(S(C)=O)cc1. The van der Waals surface area contributed by atoms with Crippen molar-refractivity contribution in [2.24, 2.45) is 0 Å². The summed E-state index contributed by atoms with van der Waals surface area (Å²) in [4.78, 5) is 0.882. The van der Waals surface area contributed by atoms with Crippen LogP contribution in [0.3, 0.4) is 0 Å². The van der Waals surface area contributed by atoms with E-state index in [9.17, 15) is 4.21 Å². The third-order valence-electron chi connectivity index (χ3n) is 2.07. The number of hydrogen-bond donors (Lipinski definition) is 0. The van der Waals surface area contributed by atoms with Crippen LogP contribution in [0.4, 0.5) is 0 Å². The molecule has 0 aliphatic rings. The fraction of sp³-hybridized carbons (Fsp3) is 0.273. The van der Waals surface area contributed by atoms with Gasteiger partial charge in [0.1, 0.15) is 0 Å². The van der Waals surface area contributed by atoms with Crippen LogP contribution in [0.5, 0.6) is 0 Å². The van der Waals surface area contributed by atoms with E-state index in [2.05, 4.69) is 13.0 Å². The summed E-state index contributed by atoms with van der Waals surface area (Å²) in [7, 11) is -0.872. The van der Waals surface area contributed by atoms with E-state index in [4.69, 9.17) is 0 Å². The molecule has 1 aromatic rings. The minimum atomic E-state index is -0.872. The van der Waals surface area contributed by atoms with E-state index in [1.54, 1.807) is 6.26 Å². The van der Waals surface area contributed by atoms with Crippen LogP contribution in [0.15, 0.2) is 35.2 Å². The maximum Gasteiger partial charge on any atom is 0.0498 e. The molecule has 0 amide bonds. The molecule has 0 aliphatic carbocycles. The topological polar surface area (TPSA) is 17.1 Å². The molecule has 0 saturated carbocycles. The molecule has 0 heterocycles. The zero-order valence-corrected chi connectivity index (χ0v) is 9.02. The monoisotopic (exact) mass is 194 g/mol. The minimum Gasteiger partial charge on any atom is -0.255 e. The Labute approximate surface area is 81.9 Å². The first-order valence-corrected chi connectivity index (χ1v) is 5.77. The van der Waals surface area contributed by atoms with Crippen molar-refractivity contribution in [2.45, 2.75) is 18.7 Å². The van der Waals surface area contributed by atoms with E-state index in [0.29, 0.717) is 0 Å². The van der Waals surface area contributed by atoms with Crippen LogP contribution in [-0.4, -0.2) is 10.5 Å². The molecule has 13 heavy (non-hydrogen) atoms. The summed E-state index contributed by atoms with van der Waals surface area (Å²) in [6.45, 7) is 4.08. The lowest BCUT2D eigenvalue weighted by molar-refractivity contribution is 0.687. The van der Waals surface area contributed by atoms with Crippen molar-refractivity contribution in [3.05, 3.63) is 35.9 Å². The number of hydrogen-bond acceptors (Lipinski definition) is 1. The highest BCUT2D eigenvalue weighted by Gasteiger charge is 1.97. The van der Waals surface area contributed by atoms with Gasteiger partial charge in [0.05, 0.1) is 0 Å². The van der Waals surface area contributed by atoms with E-state index in [1.807, 2.05) is 31.2 Å². The smallest absolute Gasteiger partial charge is 0.0498 e. The summed E-state index contributed by atoms with van der Waals surface area (Å²) in [6, 6.07) is 7.84. The second-order valence-electron chi connectivity index (χ2n) is 2.95. The fourth-order valence-electron chi connectivity index (χ4n) is 1.08. The van der Waals surface area contributed by atoms with Crippen molar-refractivity contribution in [3.63, 3.8) is 0 Å². The summed E-state index contributed by atoms with van der Waals surface area (Å²) >= 11 is 0. The first-order chi connectivity index (χ1) is 6.15. The third-order valence-corrected chi connectivity index (χ3v) is 3.01. The van der Waals surface area contributed by atoms with Crippen molar-refractivity contribution in [2.75, 3.05) is 6.26 Å². The average Bonchev–Trinajstić information content (AvgIpc) is 2.17. The molecule has 70 valence electrons. The molecule has 0 radical (unpaired) electrons. The van der Waals surface area contributed by atoms with Crippen molar-refractivity contribution in [3.8, 4) is 0 Å². The average molecular weight is 194 g/mol. The Bertz CT molecular complexity index is 336. The molecule has 0 saturated heterocycles. The van der Waals surface area contributed by atoms with Gasteiger partial charge in [-0.05, 0) is 37.1 Å². The molecule has 1 nitrogen and oxygen atoms in total. The van der Waals surface area contributed by atoms with Crippen LogP contribution in [-0.2, 0) is 10.8 Å². The predicted molar refractivity (Wildman–Crippen MR) is 58.1 cm³/mol. The van der Waals surface area contributed by atoms with Crippen LogP contribution in [0, 0.1) is 0 Å². The standard InChI is InChI=1S/C11H14OS/c1-4-9(2)10-5-7-11(8-6-10)13(3)12/h4-8H,1-3H3. The van der Waals surface area contributed by atoms with Crippen molar-refractivity contribution < 1.29 is 4.21 Å². The van der Waals surface area contributed by atoms with Crippen molar-refractivity contribution in [1.29, 1.82) is 0 Å². The highest BCUT2D eigenvalue weighted by atomic mass is 32.2. The molecule has 0 bridgehead atoms. The molecule has 1 atom stereocenters. The van der Waals surface area contributed by atoms with Gasteiger partial charge in [-0.2, -0.15) is 0 Å². The van der Waals surface area contributed by atoms with Crippen LogP contribution < -0.4 is 0 Å². The van der Waals surface area contributed by atoms with E-state index in [-0.39, 0.29) is 0 Å². The van der Waals surface area contributed by atoms with Crippen LogP contribution in [0.2, 0.25) is 0 Å². The first-order valence-electron chi connectivity index (χ1n) is 4.22. The summed E-state index contributed by atoms with van der Waals surface area (Å²) in [6.07, 6.45) is 3.76. The lowest BCUT2D eigenvalue weighted by atomic mass is 10.1. The Morgan fingerprint density at radius 2 is 1.85 bits per heavy atom. The molecule has 0 aliphatic heterocycles. The second-order valence-corrected chi connectivity index (χ2v) is 4.33. The highest BCUT2D eigenvalue weighted by molar-refractivity contribution is 7.84. The Morgan fingerprint density at radius 1 is 1.31 bits per heavy atom. The van der Waals surface area contributed by atoms with Crippen LogP contribution in [0.25, 0.3) is 5.57 Å². The van der Waals surface area contributed by atoms with Gasteiger partial charge in [0.2, 0.25) is 0 Å². The molecule has 0 N–H and O–H groups in total. The number of rotatable bonds is 2. The summed E-state index contributed by atoms with van der Waals surface area (Å²) in [5.41, 5.74) is 2.44. The molecule has 1 unspecified atom stereocenters. The molecular formula is C11H14OS. The molecule has 0 spiro atoms. The maximum absolute atomic E-state index is 11.1. The quantitative estimate of drug-likeness (QED) is 0.707. The second kappa shape index (κ2) is 4.38. The largest absolute Gasteiger partial charge is 0.255 e. The van der Waals surface area contributed by atoms with Gasteiger partial charge >= 0.3 is 0 Å². The third kappa shape index (κ3) is 2.52. The van der Waals surface area contributed by atoms with Crippen LogP contribution in [0.1, 0.15) is 19.4 Å². The van der Waals surface area contributed by atoms with Gasteiger partial charge in [0.15, 0.2) is 0 Å². The summed E-state index contributed by atoms with van der Waals surface area (Å²) < 4.78 is 11.1. The van der Waals surface area contributed by atoms with E-state index in [0.717, 1.165) is 4.90 Å². The normalized spacial score (nSPS) is 14.2. The molecule has 1 aromatic carbocycles.